The Morgan fingerprint density at radius 3 is 3.06 bits per heavy atom. The van der Waals surface area contributed by atoms with Gasteiger partial charge in [0.15, 0.2) is 0 Å². The predicted octanol–water partition coefficient (Wildman–Crippen LogP) is 3.07. The Kier molecular flexibility index (Phi) is 4.74. The Morgan fingerprint density at radius 2 is 2.29 bits per heavy atom. The molecule has 2 unspecified atom stereocenters. The van der Waals surface area contributed by atoms with Crippen LogP contribution in [-0.4, -0.2) is 22.8 Å². The minimum absolute atomic E-state index is 0.422. The van der Waals surface area contributed by atoms with E-state index in [4.69, 9.17) is 4.74 Å². The molecule has 96 valence electrons. The van der Waals surface area contributed by atoms with Crippen molar-refractivity contribution < 1.29 is 4.74 Å². The molecule has 5 heteroatoms. The molecule has 0 bridgehead atoms. The van der Waals surface area contributed by atoms with Crippen molar-refractivity contribution in [1.82, 2.24) is 10.2 Å². The van der Waals surface area contributed by atoms with Crippen molar-refractivity contribution in [2.45, 2.75) is 52.2 Å². The fourth-order valence-electron chi connectivity index (χ4n) is 2.25. The number of hydrogen-bond acceptors (Lipinski definition) is 5. The van der Waals surface area contributed by atoms with Gasteiger partial charge >= 0.3 is 0 Å². The highest BCUT2D eigenvalue weighted by atomic mass is 32.1. The SMILES string of the molecule is CCNc1nnc(COC2CCCC(C)C2)s1. The summed E-state index contributed by atoms with van der Waals surface area (Å²) in [5.74, 6) is 0.806. The minimum Gasteiger partial charge on any atom is -0.371 e. The van der Waals surface area contributed by atoms with E-state index in [1.807, 2.05) is 0 Å². The molecule has 0 saturated heterocycles. The van der Waals surface area contributed by atoms with Crippen LogP contribution in [0, 0.1) is 5.92 Å². The molecule has 1 fully saturated rings. The Hall–Kier alpha value is -0.680. The molecular formula is C12H21N3OS. The summed E-state index contributed by atoms with van der Waals surface area (Å²) in [6.45, 7) is 5.86. The van der Waals surface area contributed by atoms with Gasteiger partial charge in [0.1, 0.15) is 11.6 Å². The van der Waals surface area contributed by atoms with Crippen LogP contribution in [0.5, 0.6) is 0 Å². The van der Waals surface area contributed by atoms with Gasteiger partial charge in [-0.2, -0.15) is 0 Å². The van der Waals surface area contributed by atoms with Gasteiger partial charge in [-0.3, -0.25) is 0 Å². The van der Waals surface area contributed by atoms with Crippen molar-refractivity contribution in [2.75, 3.05) is 11.9 Å². The molecule has 1 N–H and O–H groups in total. The fraction of sp³-hybridized carbons (Fsp3) is 0.833. The van der Waals surface area contributed by atoms with E-state index in [2.05, 4.69) is 29.4 Å². The number of ether oxygens (including phenoxy) is 1. The van der Waals surface area contributed by atoms with Crippen molar-refractivity contribution in [3.8, 4) is 0 Å². The third kappa shape index (κ3) is 3.92. The molecule has 1 aliphatic rings. The molecule has 0 aliphatic heterocycles. The highest BCUT2D eigenvalue weighted by Gasteiger charge is 2.19. The Bertz CT molecular complexity index is 342. The van der Waals surface area contributed by atoms with Gasteiger partial charge in [-0.05, 0) is 25.7 Å². The van der Waals surface area contributed by atoms with Gasteiger partial charge in [0.2, 0.25) is 5.13 Å². The normalized spacial score (nSPS) is 24.8. The lowest BCUT2D eigenvalue weighted by molar-refractivity contribution is 0.00439. The molecule has 1 saturated carbocycles. The third-order valence-corrected chi connectivity index (χ3v) is 3.98. The van der Waals surface area contributed by atoms with Gasteiger partial charge in [-0.25, -0.2) is 0 Å². The first-order valence-corrected chi connectivity index (χ1v) is 7.27. The summed E-state index contributed by atoms with van der Waals surface area (Å²) in [7, 11) is 0. The molecule has 1 aromatic rings. The maximum atomic E-state index is 5.91. The highest BCUT2D eigenvalue weighted by molar-refractivity contribution is 7.15. The van der Waals surface area contributed by atoms with Crippen LogP contribution in [0.25, 0.3) is 0 Å². The van der Waals surface area contributed by atoms with Gasteiger partial charge < -0.3 is 10.1 Å². The fourth-order valence-corrected chi connectivity index (χ4v) is 2.98. The lowest BCUT2D eigenvalue weighted by Gasteiger charge is -2.26. The maximum Gasteiger partial charge on any atom is 0.205 e. The average molecular weight is 255 g/mol. The Labute approximate surface area is 107 Å². The topological polar surface area (TPSA) is 47.0 Å². The number of hydrogen-bond donors (Lipinski definition) is 1. The van der Waals surface area contributed by atoms with Crippen molar-refractivity contribution in [1.29, 1.82) is 0 Å². The first kappa shape index (κ1) is 12.8. The molecule has 1 aromatic heterocycles. The molecule has 1 aliphatic carbocycles. The summed E-state index contributed by atoms with van der Waals surface area (Å²) >= 11 is 1.59. The second-order valence-electron chi connectivity index (χ2n) is 4.74. The minimum atomic E-state index is 0.422. The van der Waals surface area contributed by atoms with E-state index in [1.54, 1.807) is 11.3 Å². The Morgan fingerprint density at radius 1 is 1.41 bits per heavy atom. The first-order valence-electron chi connectivity index (χ1n) is 6.45. The van der Waals surface area contributed by atoms with Crippen LogP contribution in [0.4, 0.5) is 5.13 Å². The number of nitrogens with one attached hydrogen (secondary N) is 1. The van der Waals surface area contributed by atoms with Gasteiger partial charge in [0.05, 0.1) is 6.10 Å². The second kappa shape index (κ2) is 6.31. The summed E-state index contributed by atoms with van der Waals surface area (Å²) in [5, 5.41) is 13.2. The monoisotopic (exact) mass is 255 g/mol. The number of rotatable bonds is 5. The predicted molar refractivity (Wildman–Crippen MR) is 70.3 cm³/mol. The summed E-state index contributed by atoms with van der Waals surface area (Å²) in [5.41, 5.74) is 0. The molecular weight excluding hydrogens is 234 g/mol. The first-order chi connectivity index (χ1) is 8.28. The summed E-state index contributed by atoms with van der Waals surface area (Å²) < 4.78 is 5.91. The zero-order valence-corrected chi connectivity index (χ0v) is 11.4. The molecule has 0 spiro atoms. The van der Waals surface area contributed by atoms with Gasteiger partial charge in [0.25, 0.3) is 0 Å². The number of anilines is 1. The van der Waals surface area contributed by atoms with Gasteiger partial charge in [-0.1, -0.05) is 31.1 Å². The van der Waals surface area contributed by atoms with Crippen LogP contribution >= 0.6 is 11.3 Å². The Balaban J connectivity index is 1.76. The molecule has 4 nitrogen and oxygen atoms in total. The number of nitrogens with zero attached hydrogens (tertiary/aromatic N) is 2. The quantitative estimate of drug-likeness (QED) is 0.878. The smallest absolute Gasteiger partial charge is 0.205 e. The molecule has 1 heterocycles. The standard InChI is InChI=1S/C12H21N3OS/c1-3-13-12-15-14-11(17-12)8-16-10-6-4-5-9(2)7-10/h9-10H,3-8H2,1-2H3,(H,13,15). The largest absolute Gasteiger partial charge is 0.371 e. The maximum absolute atomic E-state index is 5.91. The average Bonchev–Trinajstić information content (AvgIpc) is 2.75. The van der Waals surface area contributed by atoms with Crippen molar-refractivity contribution in [3.63, 3.8) is 0 Å². The van der Waals surface area contributed by atoms with Crippen molar-refractivity contribution >= 4 is 16.5 Å². The van der Waals surface area contributed by atoms with E-state index in [-0.39, 0.29) is 0 Å². The highest BCUT2D eigenvalue weighted by Crippen LogP contribution is 2.27. The van der Waals surface area contributed by atoms with Crippen LogP contribution in [0.1, 0.15) is 44.5 Å². The molecule has 0 amide bonds. The summed E-state index contributed by atoms with van der Waals surface area (Å²) in [6, 6.07) is 0. The molecule has 2 atom stereocenters. The molecule has 0 radical (unpaired) electrons. The van der Waals surface area contributed by atoms with Crippen LogP contribution < -0.4 is 5.32 Å². The van der Waals surface area contributed by atoms with Crippen LogP contribution in [0.3, 0.4) is 0 Å². The van der Waals surface area contributed by atoms with Crippen LogP contribution in [0.2, 0.25) is 0 Å². The molecule has 2 rings (SSSR count). The van der Waals surface area contributed by atoms with Gasteiger partial charge in [0, 0.05) is 6.54 Å². The van der Waals surface area contributed by atoms with Crippen molar-refractivity contribution in [3.05, 3.63) is 5.01 Å². The van der Waals surface area contributed by atoms with Crippen LogP contribution in [-0.2, 0) is 11.3 Å². The lowest BCUT2D eigenvalue weighted by atomic mass is 9.89. The van der Waals surface area contributed by atoms with E-state index >= 15 is 0 Å². The van der Waals surface area contributed by atoms with Gasteiger partial charge in [-0.15, -0.1) is 10.2 Å². The summed E-state index contributed by atoms with van der Waals surface area (Å²) in [6.07, 6.45) is 5.46. The van der Waals surface area contributed by atoms with Crippen LogP contribution in [0.15, 0.2) is 0 Å². The summed E-state index contributed by atoms with van der Waals surface area (Å²) in [4.78, 5) is 0. The molecule has 17 heavy (non-hydrogen) atoms. The lowest BCUT2D eigenvalue weighted by Crippen LogP contribution is -2.21. The number of aromatic nitrogens is 2. The zero-order valence-electron chi connectivity index (χ0n) is 10.6. The van der Waals surface area contributed by atoms with E-state index in [0.29, 0.717) is 12.7 Å². The molecule has 0 aromatic carbocycles. The van der Waals surface area contributed by atoms with E-state index in [9.17, 15) is 0 Å². The van der Waals surface area contributed by atoms with E-state index < -0.39 is 0 Å². The van der Waals surface area contributed by atoms with E-state index in [1.165, 1.54) is 25.7 Å². The third-order valence-electron chi connectivity index (χ3n) is 3.13. The van der Waals surface area contributed by atoms with E-state index in [0.717, 1.165) is 22.6 Å². The van der Waals surface area contributed by atoms with Crippen molar-refractivity contribution in [2.24, 2.45) is 5.92 Å². The second-order valence-corrected chi connectivity index (χ2v) is 5.80. The zero-order chi connectivity index (χ0) is 12.1.